The van der Waals surface area contributed by atoms with Gasteiger partial charge in [0.1, 0.15) is 5.82 Å². The molecule has 0 aliphatic carbocycles. The van der Waals surface area contributed by atoms with Crippen LogP contribution in [0.5, 0.6) is 0 Å². The van der Waals surface area contributed by atoms with E-state index in [1.165, 1.54) is 12.1 Å². The monoisotopic (exact) mass is 292 g/mol. The van der Waals surface area contributed by atoms with Gasteiger partial charge in [0.25, 0.3) is 0 Å². The Morgan fingerprint density at radius 2 is 2.00 bits per heavy atom. The highest BCUT2D eigenvalue weighted by molar-refractivity contribution is 7.93. The van der Waals surface area contributed by atoms with E-state index in [2.05, 4.69) is 10.0 Å². The fraction of sp³-hybridized carbons (Fsp3) is 0.455. The second-order valence-electron chi connectivity index (χ2n) is 4.23. The van der Waals surface area contributed by atoms with Gasteiger partial charge in [0, 0.05) is 0 Å². The molecule has 0 radical (unpaired) electrons. The quantitative estimate of drug-likeness (QED) is 0.895. The molecule has 1 heterocycles. The maximum absolute atomic E-state index is 13.0. The molecule has 0 aromatic heterocycles. The van der Waals surface area contributed by atoms with Gasteiger partial charge in [0.2, 0.25) is 10.0 Å². The summed E-state index contributed by atoms with van der Waals surface area (Å²) in [5.41, 5.74) is 0.292. The van der Waals surface area contributed by atoms with Crippen molar-refractivity contribution in [2.75, 3.05) is 17.8 Å². The predicted molar refractivity (Wildman–Crippen MR) is 69.8 cm³/mol. The minimum absolute atomic E-state index is 0.0967. The number of anilines is 1. The molecule has 1 aliphatic rings. The molecule has 100 valence electrons. The van der Waals surface area contributed by atoms with Crippen LogP contribution in [0.3, 0.4) is 0 Å². The molecule has 0 bridgehead atoms. The third kappa shape index (κ3) is 3.13. The van der Waals surface area contributed by atoms with Crippen molar-refractivity contribution < 1.29 is 12.8 Å². The smallest absolute Gasteiger partial charge is 0.235 e. The molecule has 0 unspecified atom stereocenters. The Bertz CT molecular complexity index is 530. The van der Waals surface area contributed by atoms with Crippen molar-refractivity contribution in [1.29, 1.82) is 0 Å². The lowest BCUT2D eigenvalue weighted by Gasteiger charge is -2.23. The summed E-state index contributed by atoms with van der Waals surface area (Å²) in [6.07, 6.45) is 1.15. The molecule has 0 spiro atoms. The molecule has 1 saturated heterocycles. The average molecular weight is 293 g/mol. The lowest BCUT2D eigenvalue weighted by atomic mass is 10.2. The third-order valence-corrected chi connectivity index (χ3v) is 5.06. The maximum atomic E-state index is 13.0. The zero-order valence-electron chi connectivity index (χ0n) is 9.62. The summed E-state index contributed by atoms with van der Waals surface area (Å²) in [7, 11) is -3.44. The molecule has 1 aliphatic heterocycles. The second kappa shape index (κ2) is 5.42. The van der Waals surface area contributed by atoms with Gasteiger partial charge in [-0.25, -0.2) is 12.8 Å². The van der Waals surface area contributed by atoms with Gasteiger partial charge < -0.3 is 5.32 Å². The molecule has 18 heavy (non-hydrogen) atoms. The van der Waals surface area contributed by atoms with E-state index in [1.54, 1.807) is 0 Å². The fourth-order valence-corrected chi connectivity index (χ4v) is 3.57. The largest absolute Gasteiger partial charge is 0.317 e. The second-order valence-corrected chi connectivity index (χ2v) is 6.59. The lowest BCUT2D eigenvalue weighted by molar-refractivity contribution is 0.499. The van der Waals surface area contributed by atoms with Crippen LogP contribution in [0.25, 0.3) is 0 Å². The van der Waals surface area contributed by atoms with Crippen molar-refractivity contribution >= 4 is 27.3 Å². The summed E-state index contributed by atoms with van der Waals surface area (Å²) < 4.78 is 39.6. The van der Waals surface area contributed by atoms with E-state index >= 15 is 0 Å². The van der Waals surface area contributed by atoms with Crippen LogP contribution in [-0.2, 0) is 10.0 Å². The summed E-state index contributed by atoms with van der Waals surface area (Å²) in [6, 6.07) is 3.78. The van der Waals surface area contributed by atoms with Gasteiger partial charge >= 0.3 is 0 Å². The topological polar surface area (TPSA) is 58.2 Å². The van der Waals surface area contributed by atoms with Crippen molar-refractivity contribution in [3.8, 4) is 0 Å². The van der Waals surface area contributed by atoms with Crippen LogP contribution in [0.2, 0.25) is 5.02 Å². The van der Waals surface area contributed by atoms with E-state index in [0.717, 1.165) is 6.07 Å². The third-order valence-electron chi connectivity index (χ3n) is 2.90. The van der Waals surface area contributed by atoms with Crippen LogP contribution < -0.4 is 10.0 Å². The number of nitrogens with one attached hydrogen (secondary N) is 2. The predicted octanol–water partition coefficient (Wildman–Crippen LogP) is 1.97. The number of piperidine rings is 1. The summed E-state index contributed by atoms with van der Waals surface area (Å²) in [4.78, 5) is 0. The molecule has 1 fully saturated rings. The Morgan fingerprint density at radius 3 is 2.61 bits per heavy atom. The number of hydrogen-bond acceptors (Lipinski definition) is 3. The standard InChI is InChI=1S/C11H14ClFN2O2S/c12-10-7-8(1-2-11(10)13)15-18(16,17)9-3-5-14-6-4-9/h1-2,7,9,14-15H,3-6H2. The first-order valence-electron chi connectivity index (χ1n) is 5.66. The normalized spacial score (nSPS) is 17.7. The Balaban J connectivity index is 2.13. The number of hydrogen-bond donors (Lipinski definition) is 2. The van der Waals surface area contributed by atoms with E-state index in [4.69, 9.17) is 11.6 Å². The van der Waals surface area contributed by atoms with E-state index in [9.17, 15) is 12.8 Å². The van der Waals surface area contributed by atoms with Gasteiger partial charge in [-0.05, 0) is 44.1 Å². The van der Waals surface area contributed by atoms with Crippen LogP contribution in [0.15, 0.2) is 18.2 Å². The maximum Gasteiger partial charge on any atom is 0.235 e. The van der Waals surface area contributed by atoms with Crippen LogP contribution >= 0.6 is 11.6 Å². The van der Waals surface area contributed by atoms with Crippen molar-refractivity contribution in [2.45, 2.75) is 18.1 Å². The molecule has 1 aromatic rings. The van der Waals surface area contributed by atoms with Crippen molar-refractivity contribution in [3.63, 3.8) is 0 Å². The molecule has 7 heteroatoms. The highest BCUT2D eigenvalue weighted by Crippen LogP contribution is 2.22. The van der Waals surface area contributed by atoms with Gasteiger partial charge in [0.05, 0.1) is 16.0 Å². The Hall–Kier alpha value is -0.850. The van der Waals surface area contributed by atoms with Crippen LogP contribution in [0.4, 0.5) is 10.1 Å². The summed E-state index contributed by atoms with van der Waals surface area (Å²) >= 11 is 5.61. The first-order chi connectivity index (χ1) is 8.49. The minimum Gasteiger partial charge on any atom is -0.317 e. The molecule has 2 rings (SSSR count). The van der Waals surface area contributed by atoms with Crippen molar-refractivity contribution in [3.05, 3.63) is 29.0 Å². The molecule has 0 saturated carbocycles. The Labute approximate surface area is 111 Å². The van der Waals surface area contributed by atoms with Crippen LogP contribution in [0, 0.1) is 5.82 Å². The molecule has 0 amide bonds. The van der Waals surface area contributed by atoms with E-state index in [1.807, 2.05) is 0 Å². The molecule has 0 atom stereocenters. The minimum atomic E-state index is -3.44. The molecule has 2 N–H and O–H groups in total. The Morgan fingerprint density at radius 1 is 1.33 bits per heavy atom. The Kier molecular flexibility index (Phi) is 4.09. The molecular formula is C11H14ClFN2O2S. The van der Waals surface area contributed by atoms with E-state index in [-0.39, 0.29) is 5.02 Å². The van der Waals surface area contributed by atoms with Gasteiger partial charge in [-0.2, -0.15) is 0 Å². The lowest BCUT2D eigenvalue weighted by Crippen LogP contribution is -2.38. The first-order valence-corrected chi connectivity index (χ1v) is 7.59. The number of rotatable bonds is 3. The highest BCUT2D eigenvalue weighted by atomic mass is 35.5. The van der Waals surface area contributed by atoms with Gasteiger partial charge in [-0.1, -0.05) is 11.6 Å². The summed E-state index contributed by atoms with van der Waals surface area (Å²) in [5.74, 6) is -0.568. The van der Waals surface area contributed by atoms with Gasteiger partial charge in [-0.3, -0.25) is 4.72 Å². The first kappa shape index (κ1) is 13.6. The molecule has 1 aromatic carbocycles. The van der Waals surface area contributed by atoms with Crippen LogP contribution in [-0.4, -0.2) is 26.8 Å². The van der Waals surface area contributed by atoms with E-state index < -0.39 is 21.1 Å². The number of sulfonamides is 1. The highest BCUT2D eigenvalue weighted by Gasteiger charge is 2.27. The fourth-order valence-electron chi connectivity index (χ4n) is 1.91. The SMILES string of the molecule is O=S(=O)(Nc1ccc(F)c(Cl)c1)C1CCNCC1. The van der Waals surface area contributed by atoms with Crippen molar-refractivity contribution in [2.24, 2.45) is 0 Å². The number of halogens is 2. The summed E-state index contributed by atoms with van der Waals surface area (Å²) in [5, 5.41) is 2.59. The van der Waals surface area contributed by atoms with Crippen LogP contribution in [0.1, 0.15) is 12.8 Å². The van der Waals surface area contributed by atoms with E-state index in [0.29, 0.717) is 31.6 Å². The number of benzene rings is 1. The van der Waals surface area contributed by atoms with Gasteiger partial charge in [0.15, 0.2) is 0 Å². The zero-order chi connectivity index (χ0) is 13.2. The average Bonchev–Trinajstić information content (AvgIpc) is 2.35. The summed E-state index contributed by atoms with van der Waals surface area (Å²) in [6.45, 7) is 1.38. The van der Waals surface area contributed by atoms with Crippen molar-refractivity contribution in [1.82, 2.24) is 5.32 Å². The molecule has 4 nitrogen and oxygen atoms in total. The van der Waals surface area contributed by atoms with Gasteiger partial charge in [-0.15, -0.1) is 0 Å². The zero-order valence-corrected chi connectivity index (χ0v) is 11.2. The molecular weight excluding hydrogens is 279 g/mol.